The minimum Gasteiger partial charge on any atom is -0.494 e. The average molecular weight is 1990 g/mol. The third-order valence-electron chi connectivity index (χ3n) is 26.5. The van der Waals surface area contributed by atoms with Crippen LogP contribution in [0.4, 0.5) is 19.2 Å². The van der Waals surface area contributed by atoms with Crippen molar-refractivity contribution in [2.24, 2.45) is 5.41 Å². The molecule has 13 aromatic rings. The van der Waals surface area contributed by atoms with Gasteiger partial charge in [0.1, 0.15) is 91.7 Å². The molecule has 2 aliphatic carbocycles. The van der Waals surface area contributed by atoms with Gasteiger partial charge in [0.05, 0.1) is 51.7 Å². The molecule has 4 aromatic heterocycles. The van der Waals surface area contributed by atoms with Gasteiger partial charge in [-0.2, -0.15) is 0 Å². The molecule has 21 rings (SSSR count). The number of halogens is 5. The molecule has 8 aliphatic rings. The molecule has 4 amide bonds. The summed E-state index contributed by atoms with van der Waals surface area (Å²) in [7, 11) is 0. The number of fused-ring (bicyclic) bond motifs is 12. The van der Waals surface area contributed by atoms with Crippen molar-refractivity contribution in [2.45, 2.75) is 147 Å². The maximum Gasteiger partial charge on any atom is 0.416 e. The Morgan fingerprint density at radius 1 is 0.475 bits per heavy atom. The Balaban J connectivity index is 0.000000123. The summed E-state index contributed by atoms with van der Waals surface area (Å²) in [6.45, 7) is 18.1. The molecule has 2 saturated heterocycles. The molecular weight excluding hydrogens is 1870 g/mol. The largest absolute Gasteiger partial charge is 0.494 e. The van der Waals surface area contributed by atoms with Gasteiger partial charge in [0.15, 0.2) is 5.79 Å². The van der Waals surface area contributed by atoms with Gasteiger partial charge in [-0.25, -0.2) is 19.2 Å². The number of rotatable bonds is 24. The summed E-state index contributed by atoms with van der Waals surface area (Å²) in [4.78, 5) is 73.8. The van der Waals surface area contributed by atoms with Gasteiger partial charge >= 0.3 is 24.4 Å². The number of aromatic nitrogens is 4. The highest BCUT2D eigenvalue weighted by molar-refractivity contribution is 6.32. The quantitative estimate of drug-likeness (QED) is 0.0186. The fourth-order valence-electron chi connectivity index (χ4n) is 19.6. The van der Waals surface area contributed by atoms with Gasteiger partial charge in [0, 0.05) is 124 Å². The Hall–Kier alpha value is -11.6. The molecule has 31 heteroatoms. The highest BCUT2D eigenvalue weighted by atomic mass is 35.5. The third-order valence-corrected chi connectivity index (χ3v) is 27.7. The first-order valence-corrected chi connectivity index (χ1v) is 49.6. The van der Waals surface area contributed by atoms with E-state index in [1.807, 2.05) is 207 Å². The zero-order chi connectivity index (χ0) is 96.4. The molecule has 728 valence electrons. The molecule has 6 N–H and O–H groups in total. The number of hydrogen-bond donors (Lipinski definition) is 6. The topological polar surface area (TPSA) is 287 Å². The molecule has 0 spiro atoms. The van der Waals surface area contributed by atoms with Crippen LogP contribution in [0.25, 0.3) is 43.6 Å². The lowest BCUT2D eigenvalue weighted by Crippen LogP contribution is -2.45. The van der Waals surface area contributed by atoms with E-state index in [4.69, 9.17) is 115 Å². The lowest BCUT2D eigenvalue weighted by molar-refractivity contribution is -0.184. The van der Waals surface area contributed by atoms with Crippen molar-refractivity contribution in [2.75, 3.05) is 106 Å². The second-order valence-electron chi connectivity index (χ2n) is 36.6. The van der Waals surface area contributed by atoms with Gasteiger partial charge in [-0.15, -0.1) is 0 Å². The van der Waals surface area contributed by atoms with Crippen LogP contribution >= 0.6 is 58.0 Å². The normalized spacial score (nSPS) is 19.0. The first-order chi connectivity index (χ1) is 67.6. The van der Waals surface area contributed by atoms with Gasteiger partial charge in [-0.1, -0.05) is 119 Å². The van der Waals surface area contributed by atoms with E-state index in [0.29, 0.717) is 122 Å². The summed E-state index contributed by atoms with van der Waals surface area (Å²) in [6, 6.07) is 61.0. The monoisotopic (exact) mass is 1980 g/mol. The van der Waals surface area contributed by atoms with Crippen LogP contribution in [0.3, 0.4) is 0 Å². The first kappa shape index (κ1) is 97.6. The lowest BCUT2D eigenvalue weighted by atomic mass is 9.91. The summed E-state index contributed by atoms with van der Waals surface area (Å²) in [5, 5.41) is 21.1. The van der Waals surface area contributed by atoms with E-state index in [1.165, 1.54) is 29.5 Å². The molecule has 1 unspecified atom stereocenters. The van der Waals surface area contributed by atoms with E-state index in [-0.39, 0.29) is 68.6 Å². The number of aliphatic hydroxyl groups is 1. The number of carbonyl (C=O) groups excluding carboxylic acids is 4. The molecule has 26 nitrogen and oxygen atoms in total. The summed E-state index contributed by atoms with van der Waals surface area (Å²) < 4.78 is 68.1. The zero-order valence-corrected chi connectivity index (χ0v) is 81.8. The molecule has 0 bridgehead atoms. The molecule has 5 atom stereocenters. The number of nitrogens with zero attached hydrogens (tertiary/aromatic N) is 4. The van der Waals surface area contributed by atoms with Crippen LogP contribution in [0.1, 0.15) is 164 Å². The molecule has 9 aromatic carbocycles. The van der Waals surface area contributed by atoms with Crippen LogP contribution < -0.4 is 29.0 Å². The van der Waals surface area contributed by atoms with Crippen molar-refractivity contribution >= 4 is 126 Å². The van der Waals surface area contributed by atoms with E-state index in [9.17, 15) is 24.3 Å². The Bertz CT molecular complexity index is 6500. The number of carbonyl (C=O) groups is 4. The van der Waals surface area contributed by atoms with Crippen LogP contribution in [-0.2, 0) is 58.8 Å². The standard InChI is InChI=1S/C30H28Cl2N2O6.C26H30ClN3O3.C26H29ClN2O5.C26H27ClN2O3/c31-20-3-8-23(9-4-20)40-29(36)34-12-11-24-25-13-21(32)5-10-26(25)33-27(24)28(34)19-1-6-22(7-2-19)39-17-30(14-35)15-37-18-38-16-30;1-2-32-26(31)30-14-12-21-22-16-18(27)6-11-23(22)29-24(21)25(30)17-4-9-20(10-5-17)33-15-3-13-28-19-7-8-19;1-4-31-25(30)29-12-11-20-21-13-17(27)7-10-22(21)28-23(20)24(29)16-5-8-18(9-6-16)32-14-19-15-33-26(2,3)34-19;1-2-15-31-19-10-7-17(8-11-19)25-24-21(22-16-18(27)9-12-23(22)28-24)13-14-29(25)26(30)32-20-5-3-4-6-20/h1-10,13,28,33,35H,11-12,14-18H2;4-6,9-11,16,19,25,28-29H,2-3,7-8,12-15H2,1H3;5-10,13,19,24,28H,4,11-12,14-15H2,1-3H3;2,7-12,16,20,25,28H,1,3-6,13-15H2/t;25-;19-,24+;25-/m.010/s1. The van der Waals surface area contributed by atoms with E-state index in [1.54, 1.807) is 40.1 Å². The molecule has 6 aliphatic heterocycles. The summed E-state index contributed by atoms with van der Waals surface area (Å²) in [6.07, 6.45) is 11.0. The number of H-pyrrole nitrogens is 4. The van der Waals surface area contributed by atoms with Crippen LogP contribution in [0, 0.1) is 5.41 Å². The fraction of sp³-hybridized carbons (Fsp3) is 0.370. The number of hydrogen-bond acceptors (Lipinski definition) is 18. The highest BCUT2D eigenvalue weighted by Crippen LogP contribution is 2.47. The van der Waals surface area contributed by atoms with Crippen LogP contribution in [0.5, 0.6) is 28.7 Å². The highest BCUT2D eigenvalue weighted by Gasteiger charge is 2.43. The Labute approximate surface area is 831 Å². The van der Waals surface area contributed by atoms with E-state index < -0.39 is 23.3 Å². The number of aromatic amines is 4. The van der Waals surface area contributed by atoms with E-state index >= 15 is 0 Å². The molecular formula is C108H114Cl5N9O17. The summed E-state index contributed by atoms with van der Waals surface area (Å²) >= 11 is 31.2. The molecule has 2 saturated carbocycles. The molecule has 139 heavy (non-hydrogen) atoms. The zero-order valence-electron chi connectivity index (χ0n) is 78.1. The third kappa shape index (κ3) is 22.7. The molecule has 10 heterocycles. The Morgan fingerprint density at radius 3 is 1.24 bits per heavy atom. The van der Waals surface area contributed by atoms with Gasteiger partial charge in [-0.3, -0.25) is 19.6 Å². The van der Waals surface area contributed by atoms with Crippen molar-refractivity contribution in [3.63, 3.8) is 0 Å². The smallest absolute Gasteiger partial charge is 0.416 e. The lowest BCUT2D eigenvalue weighted by Gasteiger charge is -2.36. The maximum absolute atomic E-state index is 13.5. The van der Waals surface area contributed by atoms with E-state index in [0.717, 1.165) is 175 Å². The predicted molar refractivity (Wildman–Crippen MR) is 537 cm³/mol. The number of ether oxygens (including phenoxy) is 12. The SMILES string of the molecule is C=CCOc1ccc([C@H]2c3[nH]c4ccc(Cl)cc4c3CCN2C(=O)OC2CCCC2)cc1.CCOC(=O)N1CCc2c([nH]c3ccc(Cl)cc23)[C@@H]1c1ccc(OCCCNC2CC2)cc1.CCOC(=O)N1CCc2c([nH]c3ccc(Cl)cc23)[C@@H]1c1ccc(OC[C@@H]2COC(C)(C)O2)cc1.O=C(Oc1ccc(Cl)cc1)N1CCc2c([nH]c3ccc(Cl)cc23)C1c1ccc(OCC2(CO)COCOC2)cc1. The van der Waals surface area contributed by atoms with Crippen LogP contribution in [0.15, 0.2) is 207 Å². The van der Waals surface area contributed by atoms with Gasteiger partial charge in [0.25, 0.3) is 0 Å². The number of aliphatic hydroxyl groups excluding tert-OH is 1. The number of nitrogens with one attached hydrogen (secondary N) is 5. The second kappa shape index (κ2) is 44.0. The second-order valence-corrected chi connectivity index (χ2v) is 38.7. The average Bonchev–Trinajstić information content (AvgIpc) is 1.58. The van der Waals surface area contributed by atoms with Crippen molar-refractivity contribution in [3.8, 4) is 28.7 Å². The van der Waals surface area contributed by atoms with Gasteiger partial charge < -0.3 is 87.2 Å². The first-order valence-electron chi connectivity index (χ1n) is 47.7. The van der Waals surface area contributed by atoms with Crippen molar-refractivity contribution in [1.82, 2.24) is 44.9 Å². The Morgan fingerprint density at radius 2 is 0.856 bits per heavy atom. The maximum atomic E-state index is 13.5. The van der Waals surface area contributed by atoms with Crippen molar-refractivity contribution in [1.29, 1.82) is 0 Å². The van der Waals surface area contributed by atoms with Crippen LogP contribution in [-0.4, -0.2) is 199 Å². The summed E-state index contributed by atoms with van der Waals surface area (Å²) in [5.41, 5.74) is 16.0. The van der Waals surface area contributed by atoms with Crippen molar-refractivity contribution < 1.29 is 81.1 Å². The Kier molecular flexibility index (Phi) is 30.9. The predicted octanol–water partition coefficient (Wildman–Crippen LogP) is 23.3. The van der Waals surface area contributed by atoms with Crippen molar-refractivity contribution in [3.05, 3.63) is 299 Å². The van der Waals surface area contributed by atoms with Gasteiger partial charge in [-0.05, 0) is 295 Å². The summed E-state index contributed by atoms with van der Waals surface area (Å²) in [5.74, 6) is 2.83. The fourth-order valence-corrected chi connectivity index (χ4v) is 20.4. The van der Waals surface area contributed by atoms with Crippen LogP contribution in [0.2, 0.25) is 25.1 Å². The number of benzene rings is 9. The minimum absolute atomic E-state index is 0.0285. The molecule has 0 radical (unpaired) electrons. The minimum atomic E-state index is -0.608. The number of amides is 4. The van der Waals surface area contributed by atoms with Gasteiger partial charge in [0.2, 0.25) is 0 Å². The van der Waals surface area contributed by atoms with E-state index in [2.05, 4.69) is 31.8 Å². The molecule has 4 fully saturated rings.